The van der Waals surface area contributed by atoms with Gasteiger partial charge in [0.05, 0.1) is 6.61 Å². The first-order valence-corrected chi connectivity index (χ1v) is 6.50. The van der Waals surface area contributed by atoms with Gasteiger partial charge in [0.25, 0.3) is 0 Å². The first-order valence-electron chi connectivity index (χ1n) is 3.51. The van der Waals surface area contributed by atoms with Gasteiger partial charge in [-0.05, 0) is 6.92 Å². The van der Waals surface area contributed by atoms with Crippen molar-refractivity contribution >= 4 is 15.6 Å². The maximum atomic E-state index is 11.3. The molecule has 2 N–H and O–H groups in total. The summed E-state index contributed by atoms with van der Waals surface area (Å²) in [7, 11) is -8.09. The summed E-state index contributed by atoms with van der Waals surface area (Å²) in [6.45, 7) is 1.58. The van der Waals surface area contributed by atoms with Crippen LogP contribution in [0.25, 0.3) is 0 Å². The van der Waals surface area contributed by atoms with E-state index in [1.807, 2.05) is 0 Å². The van der Waals surface area contributed by atoms with Crippen molar-refractivity contribution in [3.63, 3.8) is 0 Å². The molecular formula is C5H12O7P2. The largest absolute Gasteiger partial charge is 0.483 e. The number of rotatable bonds is 6. The van der Waals surface area contributed by atoms with Crippen LogP contribution in [-0.2, 0) is 22.5 Å². The molecule has 0 bridgehead atoms. The summed E-state index contributed by atoms with van der Waals surface area (Å²) in [6, 6.07) is 0. The van der Waals surface area contributed by atoms with Crippen molar-refractivity contribution in [1.29, 1.82) is 0 Å². The highest BCUT2D eigenvalue weighted by atomic mass is 31.3. The maximum Gasteiger partial charge on any atom is 0.483 e. The van der Waals surface area contributed by atoms with Crippen LogP contribution in [0.3, 0.4) is 0 Å². The van der Waals surface area contributed by atoms with Crippen LogP contribution in [-0.4, -0.2) is 23.5 Å². The predicted octanol–water partition coefficient (Wildman–Crippen LogP) is 1.44. The van der Waals surface area contributed by atoms with Crippen LogP contribution in [0.5, 0.6) is 0 Å². The molecule has 0 radical (unpaired) electrons. The topological polar surface area (TPSA) is 102 Å². The molecule has 9 heteroatoms. The van der Waals surface area contributed by atoms with Gasteiger partial charge in [-0.15, -0.1) is 0 Å². The van der Waals surface area contributed by atoms with Gasteiger partial charge in [-0.1, -0.05) is 12.2 Å². The third-order valence-electron chi connectivity index (χ3n) is 0.995. The highest BCUT2D eigenvalue weighted by Gasteiger charge is 2.34. The van der Waals surface area contributed by atoms with Crippen LogP contribution < -0.4 is 0 Å². The predicted molar refractivity (Wildman–Crippen MR) is 48.5 cm³/mol. The molecule has 0 aromatic heterocycles. The van der Waals surface area contributed by atoms with E-state index >= 15 is 0 Å². The summed E-state index contributed by atoms with van der Waals surface area (Å²) < 4.78 is 34.3. The Morgan fingerprint density at radius 1 is 1.36 bits per heavy atom. The monoisotopic (exact) mass is 246 g/mol. The molecule has 0 spiro atoms. The third kappa shape index (κ3) is 6.45. The normalized spacial score (nSPS) is 17.1. The maximum absolute atomic E-state index is 11.3. The zero-order valence-corrected chi connectivity index (χ0v) is 9.48. The van der Waals surface area contributed by atoms with E-state index in [0.717, 1.165) is 7.11 Å². The van der Waals surface area contributed by atoms with Crippen molar-refractivity contribution in [2.45, 2.75) is 6.92 Å². The minimum Gasteiger partial charge on any atom is -0.302 e. The Balaban J connectivity index is 4.34. The SMILES string of the molecule is CC=CCOP(=O)(OC)OP(=O)(O)O. The fourth-order valence-corrected chi connectivity index (χ4v) is 2.34. The lowest BCUT2D eigenvalue weighted by atomic mass is 10.6. The van der Waals surface area contributed by atoms with Crippen molar-refractivity contribution in [2.24, 2.45) is 0 Å². The first kappa shape index (κ1) is 14.0. The second-order valence-electron chi connectivity index (χ2n) is 2.07. The van der Waals surface area contributed by atoms with Crippen molar-refractivity contribution in [1.82, 2.24) is 0 Å². The van der Waals surface area contributed by atoms with Crippen molar-refractivity contribution in [3.05, 3.63) is 12.2 Å². The number of allylic oxidation sites excluding steroid dienone is 1. The van der Waals surface area contributed by atoms with E-state index < -0.39 is 15.6 Å². The van der Waals surface area contributed by atoms with E-state index in [2.05, 4.69) is 13.4 Å². The molecule has 0 amide bonds. The molecule has 0 aliphatic carbocycles. The van der Waals surface area contributed by atoms with Gasteiger partial charge in [-0.2, -0.15) is 4.31 Å². The highest BCUT2D eigenvalue weighted by molar-refractivity contribution is 7.61. The van der Waals surface area contributed by atoms with E-state index in [0.29, 0.717) is 0 Å². The number of phosphoric ester groups is 1. The van der Waals surface area contributed by atoms with Gasteiger partial charge < -0.3 is 9.79 Å². The van der Waals surface area contributed by atoms with Gasteiger partial charge in [-0.25, -0.2) is 9.13 Å². The Labute approximate surface area is 81.5 Å². The lowest BCUT2D eigenvalue weighted by molar-refractivity contribution is 0.171. The molecule has 0 aliphatic heterocycles. The molecule has 1 atom stereocenters. The quantitative estimate of drug-likeness (QED) is 0.539. The van der Waals surface area contributed by atoms with Crippen molar-refractivity contribution in [3.8, 4) is 0 Å². The molecule has 0 saturated carbocycles. The van der Waals surface area contributed by atoms with Gasteiger partial charge in [0, 0.05) is 7.11 Å². The smallest absolute Gasteiger partial charge is 0.302 e. The summed E-state index contributed by atoms with van der Waals surface area (Å²) >= 11 is 0. The molecule has 0 heterocycles. The van der Waals surface area contributed by atoms with E-state index in [9.17, 15) is 9.13 Å². The number of hydrogen-bond acceptors (Lipinski definition) is 5. The lowest BCUT2D eigenvalue weighted by Gasteiger charge is -2.14. The molecule has 0 rings (SSSR count). The molecule has 1 unspecified atom stereocenters. The number of phosphoric acid groups is 2. The summed E-state index contributed by atoms with van der Waals surface area (Å²) in [6.07, 6.45) is 3.09. The van der Waals surface area contributed by atoms with Crippen LogP contribution >= 0.6 is 15.6 Å². The van der Waals surface area contributed by atoms with Crippen LogP contribution in [0.1, 0.15) is 6.92 Å². The molecule has 0 saturated heterocycles. The van der Waals surface area contributed by atoms with Crippen LogP contribution in [0.2, 0.25) is 0 Å². The van der Waals surface area contributed by atoms with Crippen LogP contribution in [0.15, 0.2) is 12.2 Å². The summed E-state index contributed by atoms with van der Waals surface area (Å²) in [4.78, 5) is 16.8. The van der Waals surface area contributed by atoms with Crippen LogP contribution in [0, 0.1) is 0 Å². The van der Waals surface area contributed by atoms with E-state index in [4.69, 9.17) is 9.79 Å². The molecule has 0 fully saturated rings. The van der Waals surface area contributed by atoms with Crippen molar-refractivity contribution in [2.75, 3.05) is 13.7 Å². The molecular weight excluding hydrogens is 234 g/mol. The van der Waals surface area contributed by atoms with Gasteiger partial charge in [0.15, 0.2) is 0 Å². The average Bonchev–Trinajstić information content (AvgIpc) is 2.02. The Hall–Kier alpha value is -0.0000000000000000416. The Morgan fingerprint density at radius 2 is 1.93 bits per heavy atom. The zero-order chi connectivity index (χ0) is 11.2. The average molecular weight is 246 g/mol. The van der Waals surface area contributed by atoms with E-state index in [1.54, 1.807) is 13.0 Å². The summed E-state index contributed by atoms with van der Waals surface area (Å²) in [5, 5.41) is 0. The van der Waals surface area contributed by atoms with Gasteiger partial charge in [0.2, 0.25) is 0 Å². The van der Waals surface area contributed by atoms with Crippen LogP contribution in [0.4, 0.5) is 0 Å². The fraction of sp³-hybridized carbons (Fsp3) is 0.600. The van der Waals surface area contributed by atoms with Crippen molar-refractivity contribution < 1.29 is 32.3 Å². The first-order chi connectivity index (χ1) is 6.33. The Kier molecular flexibility index (Phi) is 5.78. The van der Waals surface area contributed by atoms with Gasteiger partial charge in [-0.3, -0.25) is 9.05 Å². The standard InChI is InChI=1S/C5H12O7P2/c1-3-4-5-11-14(9,10-2)12-13(6,7)8/h3-4H,5H2,1-2H3,(H2,6,7,8). The second-order valence-corrected chi connectivity index (χ2v) is 5.22. The Morgan fingerprint density at radius 3 is 2.29 bits per heavy atom. The minimum absolute atomic E-state index is 0.123. The summed E-state index contributed by atoms with van der Waals surface area (Å²) in [5.41, 5.74) is 0. The zero-order valence-electron chi connectivity index (χ0n) is 7.69. The van der Waals surface area contributed by atoms with E-state index in [-0.39, 0.29) is 6.61 Å². The second kappa shape index (κ2) is 5.78. The third-order valence-corrected chi connectivity index (χ3v) is 3.56. The lowest BCUT2D eigenvalue weighted by Crippen LogP contribution is -1.96. The fourth-order valence-electron chi connectivity index (χ4n) is 0.470. The summed E-state index contributed by atoms with van der Waals surface area (Å²) in [5.74, 6) is 0. The van der Waals surface area contributed by atoms with E-state index in [1.165, 1.54) is 6.08 Å². The molecule has 7 nitrogen and oxygen atoms in total. The molecule has 0 aromatic carbocycles. The number of hydrogen-bond donors (Lipinski definition) is 2. The van der Waals surface area contributed by atoms with Gasteiger partial charge in [0.1, 0.15) is 0 Å². The Bertz CT molecular complexity index is 280. The minimum atomic E-state index is -4.89. The van der Waals surface area contributed by atoms with Gasteiger partial charge >= 0.3 is 15.6 Å². The molecule has 14 heavy (non-hydrogen) atoms. The molecule has 0 aromatic rings. The molecule has 0 aliphatic rings. The highest BCUT2D eigenvalue weighted by Crippen LogP contribution is 2.60. The molecule has 84 valence electrons.